The Balaban J connectivity index is 1.28. The maximum atomic E-state index is 13.6. The number of benzene rings is 3. The van der Waals surface area contributed by atoms with Gasteiger partial charge in [-0.05, 0) is 88.6 Å². The largest absolute Gasteiger partial charge is 0.462 e. The summed E-state index contributed by atoms with van der Waals surface area (Å²) in [6.07, 6.45) is 1.57. The lowest BCUT2D eigenvalue weighted by Gasteiger charge is -2.30. The molecule has 276 valence electrons. The first kappa shape index (κ1) is 38.8. The lowest BCUT2D eigenvalue weighted by atomic mass is 10.0. The lowest BCUT2D eigenvalue weighted by molar-refractivity contribution is -0.115. The van der Waals surface area contributed by atoms with Crippen LogP contribution in [0.5, 0.6) is 0 Å². The number of nitrogens with zero attached hydrogens (tertiary/aromatic N) is 1. The Morgan fingerprint density at radius 2 is 1.64 bits per heavy atom. The molecule has 0 radical (unpaired) electrons. The number of anilines is 2. The average molecular weight is 755 g/mol. The molecule has 4 amide bonds. The van der Waals surface area contributed by atoms with E-state index in [4.69, 9.17) is 9.47 Å². The molecule has 0 aliphatic carbocycles. The van der Waals surface area contributed by atoms with E-state index in [1.807, 2.05) is 36.4 Å². The third kappa shape index (κ3) is 10.6. The maximum absolute atomic E-state index is 13.6. The standard InChI is InChI=1S/C40H42N4O7S2/c1-6-50-38(48)33-30-20-21-44(39(49)51-40(3,4)5)24-32(30)53-37(33)43-34(45)25(2)52-29-19-13-18-28(23-29)41-36(47)31(22-26-14-9-7-10-15-26)42-35(46)27-16-11-8-12-17-27/h7-19,22-23,25H,6,20-21,24H2,1-5H3,(H,41,47)(H,42,46)(H,43,45)/b31-22-. The molecule has 1 unspecified atom stereocenters. The molecule has 11 nitrogen and oxygen atoms in total. The van der Waals surface area contributed by atoms with Gasteiger partial charge in [-0.3, -0.25) is 14.4 Å². The zero-order valence-electron chi connectivity index (χ0n) is 30.2. The summed E-state index contributed by atoms with van der Waals surface area (Å²) >= 11 is 2.52. The Labute approximate surface area is 317 Å². The Morgan fingerprint density at radius 1 is 0.943 bits per heavy atom. The minimum Gasteiger partial charge on any atom is -0.462 e. The van der Waals surface area contributed by atoms with Gasteiger partial charge in [0.1, 0.15) is 16.3 Å². The fraction of sp³-hybridized carbons (Fsp3) is 0.275. The third-order valence-corrected chi connectivity index (χ3v) is 10.1. The second-order valence-electron chi connectivity index (χ2n) is 13.1. The third-order valence-electron chi connectivity index (χ3n) is 7.84. The Hall–Kier alpha value is -5.40. The van der Waals surface area contributed by atoms with Crippen LogP contribution >= 0.6 is 23.1 Å². The zero-order chi connectivity index (χ0) is 38.1. The van der Waals surface area contributed by atoms with Crippen molar-refractivity contribution in [2.75, 3.05) is 23.8 Å². The van der Waals surface area contributed by atoms with E-state index in [1.54, 1.807) is 94.1 Å². The van der Waals surface area contributed by atoms with Gasteiger partial charge in [-0.15, -0.1) is 23.1 Å². The number of hydrogen-bond donors (Lipinski definition) is 3. The van der Waals surface area contributed by atoms with Crippen LogP contribution < -0.4 is 16.0 Å². The number of thiophene rings is 1. The summed E-state index contributed by atoms with van der Waals surface area (Å²) in [5, 5.41) is 8.29. The molecule has 2 heterocycles. The second-order valence-corrected chi connectivity index (χ2v) is 15.6. The van der Waals surface area contributed by atoms with Crippen LogP contribution in [-0.4, -0.2) is 58.7 Å². The number of nitrogens with one attached hydrogen (secondary N) is 3. The summed E-state index contributed by atoms with van der Waals surface area (Å²) in [5.41, 5.74) is 2.08. The van der Waals surface area contributed by atoms with Gasteiger partial charge in [-0.2, -0.15) is 0 Å². The van der Waals surface area contributed by atoms with Crippen molar-refractivity contribution in [1.29, 1.82) is 0 Å². The molecular weight excluding hydrogens is 713 g/mol. The molecule has 1 aliphatic heterocycles. The number of fused-ring (bicyclic) bond motifs is 1. The van der Waals surface area contributed by atoms with E-state index in [-0.39, 0.29) is 24.8 Å². The Bertz CT molecular complexity index is 2010. The number of esters is 1. The van der Waals surface area contributed by atoms with Crippen molar-refractivity contribution >= 4 is 69.6 Å². The van der Waals surface area contributed by atoms with E-state index >= 15 is 0 Å². The molecular formula is C40H42N4O7S2. The second kappa shape index (κ2) is 17.4. The first-order chi connectivity index (χ1) is 25.3. The molecule has 0 spiro atoms. The van der Waals surface area contributed by atoms with Gasteiger partial charge in [0.2, 0.25) is 5.91 Å². The average Bonchev–Trinajstić information content (AvgIpc) is 3.48. The quantitative estimate of drug-likeness (QED) is 0.0802. The van der Waals surface area contributed by atoms with Crippen molar-refractivity contribution < 1.29 is 33.4 Å². The predicted molar refractivity (Wildman–Crippen MR) is 208 cm³/mol. The number of thioether (sulfide) groups is 1. The van der Waals surface area contributed by atoms with Crippen LogP contribution in [0.4, 0.5) is 15.5 Å². The highest BCUT2D eigenvalue weighted by Gasteiger charge is 2.33. The van der Waals surface area contributed by atoms with Gasteiger partial charge in [0.25, 0.3) is 11.8 Å². The molecule has 0 saturated carbocycles. The first-order valence-electron chi connectivity index (χ1n) is 17.1. The van der Waals surface area contributed by atoms with Gasteiger partial charge in [0, 0.05) is 27.6 Å². The molecule has 1 aromatic heterocycles. The molecule has 53 heavy (non-hydrogen) atoms. The Kier molecular flexibility index (Phi) is 12.8. The molecule has 1 aliphatic rings. The highest BCUT2D eigenvalue weighted by Crippen LogP contribution is 2.39. The summed E-state index contributed by atoms with van der Waals surface area (Å²) in [7, 11) is 0. The van der Waals surface area contributed by atoms with Crippen molar-refractivity contribution in [2.24, 2.45) is 0 Å². The van der Waals surface area contributed by atoms with Gasteiger partial charge < -0.3 is 30.3 Å². The minimum atomic E-state index is -0.649. The lowest BCUT2D eigenvalue weighted by Crippen LogP contribution is -2.39. The van der Waals surface area contributed by atoms with E-state index in [0.29, 0.717) is 39.7 Å². The van der Waals surface area contributed by atoms with E-state index in [1.165, 1.54) is 23.1 Å². The summed E-state index contributed by atoms with van der Waals surface area (Å²) < 4.78 is 10.9. The van der Waals surface area contributed by atoms with Crippen molar-refractivity contribution in [3.8, 4) is 0 Å². The van der Waals surface area contributed by atoms with Crippen LogP contribution in [-0.2, 0) is 32.0 Å². The molecule has 0 bridgehead atoms. The normalized spacial score (nSPS) is 13.3. The summed E-state index contributed by atoms with van der Waals surface area (Å²) in [4.78, 5) is 69.0. The van der Waals surface area contributed by atoms with E-state index in [9.17, 15) is 24.0 Å². The molecule has 0 saturated heterocycles. The van der Waals surface area contributed by atoms with Gasteiger partial charge in [-0.1, -0.05) is 54.6 Å². The van der Waals surface area contributed by atoms with E-state index in [2.05, 4.69) is 16.0 Å². The van der Waals surface area contributed by atoms with Gasteiger partial charge in [0.05, 0.1) is 24.0 Å². The van der Waals surface area contributed by atoms with Crippen molar-refractivity contribution in [3.05, 3.63) is 118 Å². The van der Waals surface area contributed by atoms with Crippen LogP contribution in [0.15, 0.2) is 95.5 Å². The van der Waals surface area contributed by atoms with E-state index in [0.717, 1.165) is 16.0 Å². The number of ether oxygens (including phenoxy) is 2. The van der Waals surface area contributed by atoms with Gasteiger partial charge in [-0.25, -0.2) is 9.59 Å². The van der Waals surface area contributed by atoms with Crippen molar-refractivity contribution in [1.82, 2.24) is 10.2 Å². The predicted octanol–water partition coefficient (Wildman–Crippen LogP) is 7.75. The Morgan fingerprint density at radius 3 is 2.32 bits per heavy atom. The number of carbonyl (C=O) groups is 5. The molecule has 0 fully saturated rings. The smallest absolute Gasteiger partial charge is 0.410 e. The van der Waals surface area contributed by atoms with E-state index < -0.39 is 34.7 Å². The SMILES string of the molecule is CCOC(=O)c1c(NC(=O)C(C)Sc2cccc(NC(=O)/C(=C/c3ccccc3)NC(=O)c3ccccc3)c2)sc2c1CCN(C(=O)OC(C)(C)C)C2. The summed E-state index contributed by atoms with van der Waals surface area (Å²) in [6.45, 7) is 9.65. The first-order valence-corrected chi connectivity index (χ1v) is 18.8. The fourth-order valence-electron chi connectivity index (χ4n) is 5.37. The van der Waals surface area contributed by atoms with Crippen LogP contribution in [0.3, 0.4) is 0 Å². The summed E-state index contributed by atoms with van der Waals surface area (Å²) in [6, 6.07) is 24.8. The number of amides is 4. The van der Waals surface area contributed by atoms with Gasteiger partial charge >= 0.3 is 12.1 Å². The van der Waals surface area contributed by atoms with Crippen molar-refractivity contribution in [2.45, 2.75) is 63.3 Å². The highest BCUT2D eigenvalue weighted by atomic mass is 32.2. The van der Waals surface area contributed by atoms with Crippen LogP contribution in [0.1, 0.15) is 71.3 Å². The maximum Gasteiger partial charge on any atom is 0.410 e. The van der Waals surface area contributed by atoms with Crippen LogP contribution in [0, 0.1) is 0 Å². The van der Waals surface area contributed by atoms with Crippen LogP contribution in [0.25, 0.3) is 6.08 Å². The summed E-state index contributed by atoms with van der Waals surface area (Å²) in [5.74, 6) is -1.82. The molecule has 5 rings (SSSR count). The minimum absolute atomic E-state index is 0.0566. The molecule has 3 aromatic carbocycles. The molecule has 13 heteroatoms. The molecule has 3 N–H and O–H groups in total. The fourth-order valence-corrected chi connectivity index (χ4v) is 7.55. The van der Waals surface area contributed by atoms with Gasteiger partial charge in [0.15, 0.2) is 0 Å². The zero-order valence-corrected chi connectivity index (χ0v) is 31.8. The monoisotopic (exact) mass is 754 g/mol. The number of hydrogen-bond acceptors (Lipinski definition) is 9. The molecule has 4 aromatic rings. The highest BCUT2D eigenvalue weighted by molar-refractivity contribution is 8.00. The molecule has 1 atom stereocenters. The van der Waals surface area contributed by atoms with Crippen LogP contribution in [0.2, 0.25) is 0 Å². The number of rotatable bonds is 11. The van der Waals surface area contributed by atoms with Crippen molar-refractivity contribution in [3.63, 3.8) is 0 Å². The number of carbonyl (C=O) groups excluding carboxylic acids is 5. The topological polar surface area (TPSA) is 143 Å².